The maximum atomic E-state index is 12.8. The van der Waals surface area contributed by atoms with Gasteiger partial charge in [0.1, 0.15) is 24.7 Å². The summed E-state index contributed by atoms with van der Waals surface area (Å²) >= 11 is 6.52. The van der Waals surface area contributed by atoms with Gasteiger partial charge in [0.15, 0.2) is 11.5 Å². The summed E-state index contributed by atoms with van der Waals surface area (Å²) in [5.41, 5.74) is 5.00. The van der Waals surface area contributed by atoms with Crippen molar-refractivity contribution in [1.29, 1.82) is 0 Å². The molecule has 0 heterocycles. The van der Waals surface area contributed by atoms with Gasteiger partial charge in [0.05, 0.1) is 31.9 Å². The highest BCUT2D eigenvalue weighted by Crippen LogP contribution is 2.39. The molecule has 0 bridgehead atoms. The largest absolute Gasteiger partial charge is 0.497 e. The summed E-state index contributed by atoms with van der Waals surface area (Å²) in [4.78, 5) is 47.8. The number of methoxy groups -OCH3 is 3. The Balaban J connectivity index is 1.83. The number of hydrogen-bond donors (Lipinski definition) is 2. The van der Waals surface area contributed by atoms with E-state index in [9.17, 15) is 19.2 Å². The standard InChI is InChI=1S/C27H25ClN2O9/c1-35-18-8-4-16(5-9-18)14-38-21-13-12-20(23(31)25(32)29-30-26(33)27(34)37-3)22(28)24(21)39-15-17-6-10-19(36-2)11-7-17/h4-13H,14-15H2,1-3H3,(H,29,32)(H,30,33). The second-order valence-corrected chi connectivity index (χ2v) is 8.13. The van der Waals surface area contributed by atoms with Crippen LogP contribution in [0.3, 0.4) is 0 Å². The first kappa shape index (κ1) is 28.8. The Morgan fingerprint density at radius 3 is 1.72 bits per heavy atom. The van der Waals surface area contributed by atoms with E-state index in [4.69, 9.17) is 30.5 Å². The first-order chi connectivity index (χ1) is 18.8. The molecule has 2 amide bonds. The summed E-state index contributed by atoms with van der Waals surface area (Å²) in [6.07, 6.45) is 0. The molecule has 0 unspecified atom stereocenters. The van der Waals surface area contributed by atoms with E-state index in [-0.39, 0.29) is 35.3 Å². The maximum Gasteiger partial charge on any atom is 0.398 e. The Morgan fingerprint density at radius 2 is 1.21 bits per heavy atom. The van der Waals surface area contributed by atoms with Gasteiger partial charge in [-0.3, -0.25) is 25.2 Å². The van der Waals surface area contributed by atoms with Gasteiger partial charge in [0.25, 0.3) is 5.78 Å². The normalized spacial score (nSPS) is 10.2. The van der Waals surface area contributed by atoms with Crippen molar-refractivity contribution in [3.05, 3.63) is 82.4 Å². The minimum Gasteiger partial charge on any atom is -0.497 e. The van der Waals surface area contributed by atoms with Gasteiger partial charge in [-0.15, -0.1) is 0 Å². The van der Waals surface area contributed by atoms with Crippen molar-refractivity contribution in [1.82, 2.24) is 10.9 Å². The second-order valence-electron chi connectivity index (χ2n) is 7.76. The third-order valence-corrected chi connectivity index (χ3v) is 5.64. The van der Waals surface area contributed by atoms with Gasteiger partial charge in [0, 0.05) is 0 Å². The zero-order valence-electron chi connectivity index (χ0n) is 21.2. The zero-order valence-corrected chi connectivity index (χ0v) is 22.0. The van der Waals surface area contributed by atoms with Crippen LogP contribution in [0.1, 0.15) is 21.5 Å². The average Bonchev–Trinajstić information content (AvgIpc) is 2.97. The first-order valence-electron chi connectivity index (χ1n) is 11.3. The predicted octanol–water partition coefficient (Wildman–Crippen LogP) is 3.02. The van der Waals surface area contributed by atoms with Crippen molar-refractivity contribution in [2.75, 3.05) is 21.3 Å². The van der Waals surface area contributed by atoms with Crippen molar-refractivity contribution < 1.29 is 42.9 Å². The van der Waals surface area contributed by atoms with Crippen molar-refractivity contribution in [2.24, 2.45) is 0 Å². The van der Waals surface area contributed by atoms with Crippen LogP contribution < -0.4 is 29.8 Å². The fourth-order valence-corrected chi connectivity index (χ4v) is 3.45. The number of ketones is 1. The fraction of sp³-hybridized carbons (Fsp3) is 0.185. The lowest BCUT2D eigenvalue weighted by molar-refractivity contribution is -0.153. The summed E-state index contributed by atoms with van der Waals surface area (Å²) in [6, 6.07) is 17.0. The highest BCUT2D eigenvalue weighted by molar-refractivity contribution is 6.47. The number of nitrogens with one attached hydrogen (secondary N) is 2. The molecule has 39 heavy (non-hydrogen) atoms. The number of carbonyl (C=O) groups excluding carboxylic acids is 4. The molecule has 3 aromatic rings. The van der Waals surface area contributed by atoms with Gasteiger partial charge in [-0.1, -0.05) is 35.9 Å². The number of amides is 2. The van der Waals surface area contributed by atoms with E-state index in [1.807, 2.05) is 17.6 Å². The quantitative estimate of drug-likeness (QED) is 0.167. The van der Waals surface area contributed by atoms with Crippen molar-refractivity contribution >= 4 is 35.2 Å². The number of hydrogen-bond acceptors (Lipinski definition) is 9. The molecule has 0 aliphatic rings. The molecule has 12 heteroatoms. The van der Waals surface area contributed by atoms with E-state index in [1.165, 1.54) is 12.1 Å². The van der Waals surface area contributed by atoms with Crippen LogP contribution in [-0.4, -0.2) is 44.9 Å². The number of ether oxygens (including phenoxy) is 5. The topological polar surface area (TPSA) is 138 Å². The van der Waals surface area contributed by atoms with Gasteiger partial charge in [-0.05, 0) is 47.5 Å². The molecule has 0 aliphatic heterocycles. The molecule has 0 saturated carbocycles. The molecule has 204 valence electrons. The van der Waals surface area contributed by atoms with Crippen LogP contribution in [0.2, 0.25) is 5.02 Å². The maximum absolute atomic E-state index is 12.8. The molecule has 0 radical (unpaired) electrons. The lowest BCUT2D eigenvalue weighted by Gasteiger charge is -2.17. The highest BCUT2D eigenvalue weighted by atomic mass is 35.5. The molecule has 0 saturated heterocycles. The molecule has 0 aliphatic carbocycles. The van der Waals surface area contributed by atoms with Gasteiger partial charge in [0.2, 0.25) is 0 Å². The van der Waals surface area contributed by atoms with Crippen molar-refractivity contribution in [3.63, 3.8) is 0 Å². The smallest absolute Gasteiger partial charge is 0.398 e. The van der Waals surface area contributed by atoms with Crippen LogP contribution in [0.25, 0.3) is 0 Å². The minimum atomic E-state index is -1.27. The second kappa shape index (κ2) is 13.7. The lowest BCUT2D eigenvalue weighted by Crippen LogP contribution is -2.47. The van der Waals surface area contributed by atoms with Crippen LogP contribution in [-0.2, 0) is 32.3 Å². The Bertz CT molecular complexity index is 1340. The van der Waals surface area contributed by atoms with E-state index in [0.717, 1.165) is 18.2 Å². The third-order valence-electron chi connectivity index (χ3n) is 5.27. The minimum absolute atomic E-state index is 0.0262. The fourth-order valence-electron chi connectivity index (χ4n) is 3.16. The van der Waals surface area contributed by atoms with Crippen LogP contribution in [0.5, 0.6) is 23.0 Å². The molecule has 0 fully saturated rings. The Hall–Kier alpha value is -4.77. The summed E-state index contributed by atoms with van der Waals surface area (Å²) < 4.78 is 26.4. The molecule has 2 N–H and O–H groups in total. The number of esters is 1. The van der Waals surface area contributed by atoms with Crippen LogP contribution in [0.4, 0.5) is 0 Å². The number of carbonyl (C=O) groups is 4. The SMILES string of the molecule is COC(=O)C(=O)NNC(=O)C(=O)c1ccc(OCc2ccc(OC)cc2)c(OCc2ccc(OC)cc2)c1Cl. The van der Waals surface area contributed by atoms with Crippen LogP contribution in [0, 0.1) is 0 Å². The number of benzene rings is 3. The first-order valence-corrected chi connectivity index (χ1v) is 11.7. The molecule has 3 rings (SSSR count). The van der Waals surface area contributed by atoms with Gasteiger partial charge in [-0.2, -0.15) is 0 Å². The van der Waals surface area contributed by atoms with Gasteiger partial charge < -0.3 is 23.7 Å². The highest BCUT2D eigenvalue weighted by Gasteiger charge is 2.25. The Labute approximate surface area is 228 Å². The Morgan fingerprint density at radius 1 is 0.692 bits per heavy atom. The molecule has 0 spiro atoms. The molecule has 3 aromatic carbocycles. The van der Waals surface area contributed by atoms with Gasteiger partial charge in [-0.25, -0.2) is 4.79 Å². The summed E-state index contributed by atoms with van der Waals surface area (Å²) in [5.74, 6) is -3.27. The number of Topliss-reactive ketones (excluding diaryl/α,β-unsaturated/α-hetero) is 1. The average molecular weight is 557 g/mol. The monoisotopic (exact) mass is 556 g/mol. The van der Waals surface area contributed by atoms with E-state index < -0.39 is 23.6 Å². The van der Waals surface area contributed by atoms with Crippen LogP contribution >= 0.6 is 11.6 Å². The summed E-state index contributed by atoms with van der Waals surface area (Å²) in [5, 5.41) is -0.185. The summed E-state index contributed by atoms with van der Waals surface area (Å²) in [7, 11) is 4.10. The predicted molar refractivity (Wildman–Crippen MR) is 139 cm³/mol. The van der Waals surface area contributed by atoms with Crippen molar-refractivity contribution in [3.8, 4) is 23.0 Å². The van der Waals surface area contributed by atoms with E-state index in [0.29, 0.717) is 11.5 Å². The molecule has 11 nitrogen and oxygen atoms in total. The van der Waals surface area contributed by atoms with E-state index in [1.54, 1.807) is 56.0 Å². The lowest BCUT2D eigenvalue weighted by atomic mass is 10.1. The molecular formula is C27H25ClN2O9. The molecule has 0 atom stereocenters. The molecular weight excluding hydrogens is 532 g/mol. The van der Waals surface area contributed by atoms with Gasteiger partial charge >= 0.3 is 17.8 Å². The van der Waals surface area contributed by atoms with Crippen LogP contribution in [0.15, 0.2) is 60.7 Å². The number of hydrazine groups is 1. The number of halogens is 1. The third kappa shape index (κ3) is 7.62. The van der Waals surface area contributed by atoms with E-state index >= 15 is 0 Å². The Kier molecular flexibility index (Phi) is 10.1. The number of rotatable bonds is 10. The zero-order chi connectivity index (χ0) is 28.4. The molecule has 0 aromatic heterocycles. The van der Waals surface area contributed by atoms with Crippen molar-refractivity contribution in [2.45, 2.75) is 13.2 Å². The summed E-state index contributed by atoms with van der Waals surface area (Å²) in [6.45, 7) is 0.203. The van der Waals surface area contributed by atoms with E-state index in [2.05, 4.69) is 4.74 Å².